The van der Waals surface area contributed by atoms with E-state index in [1.165, 1.54) is 25.7 Å². The Morgan fingerprint density at radius 3 is 2.60 bits per heavy atom. The van der Waals surface area contributed by atoms with Crippen LogP contribution in [0.3, 0.4) is 0 Å². The van der Waals surface area contributed by atoms with Crippen LogP contribution in [0.25, 0.3) is 0 Å². The molecule has 1 aliphatic rings. The van der Waals surface area contributed by atoms with Crippen LogP contribution in [0.15, 0.2) is 12.7 Å². The third-order valence-corrected chi connectivity index (χ3v) is 4.02. The van der Waals surface area contributed by atoms with Gasteiger partial charge in [-0.05, 0) is 39.9 Å². The van der Waals surface area contributed by atoms with Gasteiger partial charge in [-0.2, -0.15) is 0 Å². The largest absolute Gasteiger partial charge is 0.312 e. The fourth-order valence-corrected chi connectivity index (χ4v) is 3.14. The Bertz CT molecular complexity index is 213. The van der Waals surface area contributed by atoms with Crippen LogP contribution < -0.4 is 5.32 Å². The van der Waals surface area contributed by atoms with E-state index in [2.05, 4.69) is 43.9 Å². The molecule has 3 atom stereocenters. The summed E-state index contributed by atoms with van der Waals surface area (Å²) in [6.45, 7) is 6.34. The minimum absolute atomic E-state index is 0.272. The zero-order valence-corrected chi connectivity index (χ0v) is 10.7. The van der Waals surface area contributed by atoms with Gasteiger partial charge in [-0.15, -0.1) is 6.58 Å². The quantitative estimate of drug-likeness (QED) is 0.716. The van der Waals surface area contributed by atoms with E-state index in [1.54, 1.807) is 0 Å². The molecule has 0 amide bonds. The van der Waals surface area contributed by atoms with Crippen molar-refractivity contribution in [2.24, 2.45) is 5.92 Å². The number of nitrogens with zero attached hydrogens (tertiary/aromatic N) is 1. The summed E-state index contributed by atoms with van der Waals surface area (Å²) in [6, 6.07) is 0.398. The van der Waals surface area contributed by atoms with Crippen molar-refractivity contribution in [2.75, 3.05) is 21.1 Å². The first-order valence-electron chi connectivity index (χ1n) is 6.04. The van der Waals surface area contributed by atoms with E-state index in [1.807, 2.05) is 7.05 Å². The lowest BCUT2D eigenvalue weighted by Gasteiger charge is -2.49. The van der Waals surface area contributed by atoms with E-state index in [4.69, 9.17) is 0 Å². The molecule has 1 saturated carbocycles. The maximum absolute atomic E-state index is 3.97. The van der Waals surface area contributed by atoms with Gasteiger partial charge in [0.1, 0.15) is 0 Å². The van der Waals surface area contributed by atoms with E-state index < -0.39 is 0 Å². The van der Waals surface area contributed by atoms with E-state index in [0.29, 0.717) is 6.04 Å². The summed E-state index contributed by atoms with van der Waals surface area (Å²) in [5, 5.41) is 3.40. The van der Waals surface area contributed by atoms with Gasteiger partial charge in [0.25, 0.3) is 0 Å². The zero-order chi connectivity index (χ0) is 11.5. The van der Waals surface area contributed by atoms with Crippen molar-refractivity contribution < 1.29 is 0 Å². The molecule has 0 bridgehead atoms. The third-order valence-electron chi connectivity index (χ3n) is 4.02. The van der Waals surface area contributed by atoms with Crippen LogP contribution in [0.5, 0.6) is 0 Å². The van der Waals surface area contributed by atoms with Crippen molar-refractivity contribution in [3.8, 4) is 0 Å². The van der Waals surface area contributed by atoms with Crippen molar-refractivity contribution in [3.63, 3.8) is 0 Å². The molecule has 2 nitrogen and oxygen atoms in total. The second-order valence-electron chi connectivity index (χ2n) is 5.20. The van der Waals surface area contributed by atoms with Crippen LogP contribution in [0, 0.1) is 5.92 Å². The number of hydrogen-bond acceptors (Lipinski definition) is 2. The standard InChI is InChI=1S/C13H26N2/c1-6-12(14-3)13(15(4)5)9-7-8-11(2)10-13/h6,11-12,14H,1,7-10H2,2-5H3. The van der Waals surface area contributed by atoms with Crippen molar-refractivity contribution in [3.05, 3.63) is 12.7 Å². The SMILES string of the molecule is C=CC(NC)C1(N(C)C)CCCC(C)C1. The van der Waals surface area contributed by atoms with Gasteiger partial charge in [-0.1, -0.05) is 25.8 Å². The number of rotatable bonds is 4. The van der Waals surface area contributed by atoms with Crippen molar-refractivity contribution >= 4 is 0 Å². The summed E-state index contributed by atoms with van der Waals surface area (Å²) >= 11 is 0. The fraction of sp³-hybridized carbons (Fsp3) is 0.846. The number of hydrogen-bond donors (Lipinski definition) is 1. The Morgan fingerprint density at radius 1 is 1.53 bits per heavy atom. The Kier molecular flexibility index (Phi) is 4.35. The van der Waals surface area contributed by atoms with Gasteiger partial charge in [0, 0.05) is 11.6 Å². The number of nitrogens with one attached hydrogen (secondary N) is 1. The van der Waals surface area contributed by atoms with Crippen LogP contribution in [-0.4, -0.2) is 37.6 Å². The maximum Gasteiger partial charge on any atom is 0.0431 e. The molecular formula is C13H26N2. The summed E-state index contributed by atoms with van der Waals surface area (Å²) in [4.78, 5) is 2.39. The van der Waals surface area contributed by atoms with Gasteiger partial charge in [0.2, 0.25) is 0 Å². The summed E-state index contributed by atoms with van der Waals surface area (Å²) < 4.78 is 0. The van der Waals surface area contributed by atoms with E-state index in [-0.39, 0.29) is 5.54 Å². The molecule has 0 aromatic heterocycles. The second-order valence-corrected chi connectivity index (χ2v) is 5.20. The molecule has 1 N–H and O–H groups in total. The maximum atomic E-state index is 3.97. The van der Waals surface area contributed by atoms with Crippen molar-refractivity contribution in [1.82, 2.24) is 10.2 Å². The molecule has 1 aliphatic carbocycles. The highest BCUT2D eigenvalue weighted by Crippen LogP contribution is 2.38. The first-order chi connectivity index (χ1) is 7.06. The van der Waals surface area contributed by atoms with Crippen LogP contribution in [-0.2, 0) is 0 Å². The summed E-state index contributed by atoms with van der Waals surface area (Å²) in [7, 11) is 6.44. The average Bonchev–Trinajstić information content (AvgIpc) is 2.19. The normalized spacial score (nSPS) is 34.1. The van der Waals surface area contributed by atoms with Gasteiger partial charge >= 0.3 is 0 Å². The molecule has 0 saturated heterocycles. The Hall–Kier alpha value is -0.340. The van der Waals surface area contributed by atoms with Gasteiger partial charge < -0.3 is 10.2 Å². The topological polar surface area (TPSA) is 15.3 Å². The molecule has 88 valence electrons. The summed E-state index contributed by atoms with van der Waals surface area (Å²) in [5.74, 6) is 0.831. The highest BCUT2D eigenvalue weighted by atomic mass is 15.2. The van der Waals surface area contributed by atoms with Gasteiger partial charge in [-0.3, -0.25) is 0 Å². The molecule has 0 spiro atoms. The average molecular weight is 210 g/mol. The molecule has 0 aromatic rings. The van der Waals surface area contributed by atoms with Gasteiger partial charge in [0.15, 0.2) is 0 Å². The molecule has 15 heavy (non-hydrogen) atoms. The Balaban J connectivity index is 2.90. The molecule has 1 rings (SSSR count). The van der Waals surface area contributed by atoms with Gasteiger partial charge in [0.05, 0.1) is 0 Å². The number of likely N-dealkylation sites (N-methyl/N-ethyl adjacent to an activating group) is 2. The molecule has 0 radical (unpaired) electrons. The van der Waals surface area contributed by atoms with E-state index in [0.717, 1.165) is 5.92 Å². The molecule has 2 heteroatoms. The lowest BCUT2D eigenvalue weighted by Crippen LogP contribution is -2.59. The molecule has 1 fully saturated rings. The monoisotopic (exact) mass is 210 g/mol. The zero-order valence-electron chi connectivity index (χ0n) is 10.7. The lowest BCUT2D eigenvalue weighted by atomic mass is 9.71. The predicted molar refractivity (Wildman–Crippen MR) is 67.1 cm³/mol. The highest BCUT2D eigenvalue weighted by Gasteiger charge is 2.41. The van der Waals surface area contributed by atoms with Crippen LogP contribution in [0.4, 0.5) is 0 Å². The summed E-state index contributed by atoms with van der Waals surface area (Å²) in [6.07, 6.45) is 7.34. The predicted octanol–water partition coefficient (Wildman–Crippen LogP) is 2.27. The molecule has 0 aliphatic heterocycles. The molecule has 3 unspecified atom stereocenters. The molecule has 0 heterocycles. The van der Waals surface area contributed by atoms with Crippen LogP contribution in [0.2, 0.25) is 0 Å². The minimum Gasteiger partial charge on any atom is -0.312 e. The van der Waals surface area contributed by atoms with Crippen LogP contribution in [0.1, 0.15) is 32.6 Å². The lowest BCUT2D eigenvalue weighted by molar-refractivity contribution is 0.0549. The Labute approximate surface area is 94.7 Å². The smallest absolute Gasteiger partial charge is 0.0431 e. The molecule has 0 aromatic carbocycles. The first kappa shape index (κ1) is 12.7. The third kappa shape index (κ3) is 2.43. The Morgan fingerprint density at radius 2 is 2.20 bits per heavy atom. The fourth-order valence-electron chi connectivity index (χ4n) is 3.14. The van der Waals surface area contributed by atoms with E-state index in [9.17, 15) is 0 Å². The van der Waals surface area contributed by atoms with E-state index >= 15 is 0 Å². The van der Waals surface area contributed by atoms with Crippen LogP contribution >= 0.6 is 0 Å². The van der Waals surface area contributed by atoms with Gasteiger partial charge in [-0.25, -0.2) is 0 Å². The summed E-state index contributed by atoms with van der Waals surface area (Å²) in [5.41, 5.74) is 0.272. The first-order valence-corrected chi connectivity index (χ1v) is 6.04. The van der Waals surface area contributed by atoms with Crippen molar-refractivity contribution in [1.29, 1.82) is 0 Å². The molecular weight excluding hydrogens is 184 g/mol. The highest BCUT2D eigenvalue weighted by molar-refractivity contribution is 5.08. The van der Waals surface area contributed by atoms with Crippen molar-refractivity contribution in [2.45, 2.75) is 44.2 Å². The minimum atomic E-state index is 0.272. The second kappa shape index (κ2) is 5.13.